The van der Waals surface area contributed by atoms with Gasteiger partial charge in [0, 0.05) is 7.05 Å². The van der Waals surface area contributed by atoms with Crippen molar-refractivity contribution in [3.8, 4) is 0 Å². The Kier molecular flexibility index (Phi) is 2.63. The molecule has 7 heteroatoms. The van der Waals surface area contributed by atoms with E-state index in [1.54, 1.807) is 4.68 Å². The van der Waals surface area contributed by atoms with E-state index in [4.69, 9.17) is 5.73 Å². The van der Waals surface area contributed by atoms with Crippen LogP contribution in [-0.4, -0.2) is 25.0 Å². The van der Waals surface area contributed by atoms with Crippen molar-refractivity contribution in [2.24, 2.45) is 7.05 Å². The highest BCUT2D eigenvalue weighted by Gasteiger charge is 2.14. The molecule has 0 unspecified atom stereocenters. The molecule has 2 heterocycles. The van der Waals surface area contributed by atoms with E-state index in [9.17, 15) is 0 Å². The van der Waals surface area contributed by atoms with Crippen molar-refractivity contribution in [1.29, 1.82) is 0 Å². The van der Waals surface area contributed by atoms with Crippen LogP contribution in [0.4, 0.5) is 5.69 Å². The first-order valence-electron chi connectivity index (χ1n) is 4.57. The van der Waals surface area contributed by atoms with Crippen molar-refractivity contribution in [2.75, 3.05) is 5.73 Å². The Hall–Kier alpha value is -1.50. The summed E-state index contributed by atoms with van der Waals surface area (Å²) in [6.45, 7) is 2.03. The molecule has 80 valence electrons. The number of hydrogen-bond donors (Lipinski definition) is 2. The van der Waals surface area contributed by atoms with Crippen molar-refractivity contribution < 1.29 is 0 Å². The molecule has 0 atom stereocenters. The summed E-state index contributed by atoms with van der Waals surface area (Å²) in [7, 11) is 1.87. The molecule has 6 nitrogen and oxygen atoms in total. The lowest BCUT2D eigenvalue weighted by Gasteiger charge is -1.98. The lowest BCUT2D eigenvalue weighted by molar-refractivity contribution is 0.686. The van der Waals surface area contributed by atoms with Crippen molar-refractivity contribution in [2.45, 2.75) is 23.5 Å². The van der Waals surface area contributed by atoms with Crippen LogP contribution in [0.15, 0.2) is 16.5 Å². The molecule has 0 radical (unpaired) electrons. The van der Waals surface area contributed by atoms with Gasteiger partial charge in [0.25, 0.3) is 0 Å². The van der Waals surface area contributed by atoms with Crippen LogP contribution in [0.3, 0.4) is 0 Å². The summed E-state index contributed by atoms with van der Waals surface area (Å²) in [4.78, 5) is 4.03. The highest BCUT2D eigenvalue weighted by atomic mass is 32.2. The third kappa shape index (κ3) is 1.82. The van der Waals surface area contributed by atoms with Crippen LogP contribution in [0.25, 0.3) is 0 Å². The van der Waals surface area contributed by atoms with E-state index in [-0.39, 0.29) is 0 Å². The first kappa shape index (κ1) is 10.0. The molecule has 0 amide bonds. The standard InChI is InChI=1S/C8H12N6S/c1-3-5-6(9)7(14(2)13-5)15-8-10-4-11-12-8/h4H,3,9H2,1-2H3,(H,10,11,12). The number of aromatic amines is 1. The van der Waals surface area contributed by atoms with E-state index in [1.807, 2.05) is 14.0 Å². The lowest BCUT2D eigenvalue weighted by Crippen LogP contribution is -1.94. The maximum atomic E-state index is 5.97. The number of nitrogens with one attached hydrogen (secondary N) is 1. The number of aromatic nitrogens is 5. The maximum Gasteiger partial charge on any atom is 0.189 e. The van der Waals surface area contributed by atoms with E-state index in [1.165, 1.54) is 18.1 Å². The maximum absolute atomic E-state index is 5.97. The van der Waals surface area contributed by atoms with Gasteiger partial charge in [0.05, 0.1) is 11.4 Å². The Morgan fingerprint density at radius 1 is 1.60 bits per heavy atom. The Labute approximate surface area is 91.3 Å². The zero-order chi connectivity index (χ0) is 10.8. The molecule has 0 fully saturated rings. The number of aryl methyl sites for hydroxylation is 2. The molecule has 0 saturated heterocycles. The number of nitrogens with two attached hydrogens (primary N) is 1. The minimum absolute atomic E-state index is 0.715. The Morgan fingerprint density at radius 3 is 2.93 bits per heavy atom. The second kappa shape index (κ2) is 3.93. The molecule has 0 saturated carbocycles. The van der Waals surface area contributed by atoms with Crippen LogP contribution in [0.2, 0.25) is 0 Å². The smallest absolute Gasteiger partial charge is 0.189 e. The van der Waals surface area contributed by atoms with Gasteiger partial charge in [-0.2, -0.15) is 10.2 Å². The van der Waals surface area contributed by atoms with Gasteiger partial charge in [-0.1, -0.05) is 6.92 Å². The molecule has 0 aliphatic carbocycles. The minimum Gasteiger partial charge on any atom is -0.395 e. The highest BCUT2D eigenvalue weighted by molar-refractivity contribution is 7.99. The second-order valence-corrected chi connectivity index (χ2v) is 4.01. The fourth-order valence-electron chi connectivity index (χ4n) is 1.30. The lowest BCUT2D eigenvalue weighted by atomic mass is 10.3. The summed E-state index contributed by atoms with van der Waals surface area (Å²) in [5.74, 6) is 0. The normalized spacial score (nSPS) is 10.8. The van der Waals surface area contributed by atoms with Gasteiger partial charge >= 0.3 is 0 Å². The molecule has 2 aromatic heterocycles. The largest absolute Gasteiger partial charge is 0.395 e. The predicted molar refractivity (Wildman–Crippen MR) is 57.5 cm³/mol. The number of rotatable bonds is 3. The van der Waals surface area contributed by atoms with Crippen molar-refractivity contribution in [1.82, 2.24) is 25.0 Å². The van der Waals surface area contributed by atoms with Crippen LogP contribution in [-0.2, 0) is 13.5 Å². The van der Waals surface area contributed by atoms with Gasteiger partial charge in [-0.15, -0.1) is 0 Å². The van der Waals surface area contributed by atoms with Crippen LogP contribution >= 0.6 is 11.8 Å². The van der Waals surface area contributed by atoms with Gasteiger partial charge in [0.15, 0.2) is 5.16 Å². The van der Waals surface area contributed by atoms with Gasteiger partial charge in [0.1, 0.15) is 11.4 Å². The number of anilines is 1. The molecule has 15 heavy (non-hydrogen) atoms. The molecule has 0 aliphatic heterocycles. The Balaban J connectivity index is 2.32. The summed E-state index contributed by atoms with van der Waals surface area (Å²) in [6, 6.07) is 0. The van der Waals surface area contributed by atoms with Gasteiger partial charge in [0.2, 0.25) is 0 Å². The van der Waals surface area contributed by atoms with E-state index < -0.39 is 0 Å². The second-order valence-electron chi connectivity index (χ2n) is 3.04. The van der Waals surface area contributed by atoms with E-state index in [0.717, 1.165) is 22.8 Å². The third-order valence-corrected chi connectivity index (χ3v) is 3.09. The van der Waals surface area contributed by atoms with Gasteiger partial charge < -0.3 is 5.73 Å². The van der Waals surface area contributed by atoms with Crippen molar-refractivity contribution in [3.63, 3.8) is 0 Å². The predicted octanol–water partition coefficient (Wildman–Crippen LogP) is 0.834. The fraction of sp³-hybridized carbons (Fsp3) is 0.375. The fourth-order valence-corrected chi connectivity index (χ4v) is 2.08. The first-order valence-corrected chi connectivity index (χ1v) is 5.38. The molecule has 0 aromatic carbocycles. The number of H-pyrrole nitrogens is 1. The minimum atomic E-state index is 0.715. The number of nitrogen functional groups attached to an aromatic ring is 1. The monoisotopic (exact) mass is 224 g/mol. The van der Waals surface area contributed by atoms with Crippen LogP contribution in [0.1, 0.15) is 12.6 Å². The van der Waals surface area contributed by atoms with Crippen LogP contribution in [0.5, 0.6) is 0 Å². The number of hydrogen-bond acceptors (Lipinski definition) is 5. The zero-order valence-corrected chi connectivity index (χ0v) is 9.38. The van der Waals surface area contributed by atoms with Crippen LogP contribution < -0.4 is 5.73 Å². The summed E-state index contributed by atoms with van der Waals surface area (Å²) in [6.07, 6.45) is 2.30. The molecule has 0 bridgehead atoms. The van der Waals surface area contributed by atoms with Gasteiger partial charge in [-0.3, -0.25) is 9.78 Å². The Morgan fingerprint density at radius 2 is 2.40 bits per heavy atom. The quantitative estimate of drug-likeness (QED) is 0.806. The topological polar surface area (TPSA) is 85.4 Å². The van der Waals surface area contributed by atoms with Crippen molar-refractivity contribution >= 4 is 17.4 Å². The molecular formula is C8H12N6S. The van der Waals surface area contributed by atoms with E-state index in [0.29, 0.717) is 5.16 Å². The van der Waals surface area contributed by atoms with Gasteiger partial charge in [-0.25, -0.2) is 4.98 Å². The molecular weight excluding hydrogens is 212 g/mol. The zero-order valence-electron chi connectivity index (χ0n) is 8.56. The van der Waals surface area contributed by atoms with Gasteiger partial charge in [-0.05, 0) is 18.2 Å². The average Bonchev–Trinajstić information content (AvgIpc) is 2.81. The summed E-state index contributed by atoms with van der Waals surface area (Å²) in [5, 5.41) is 12.5. The number of nitrogens with zero attached hydrogens (tertiary/aromatic N) is 4. The van der Waals surface area contributed by atoms with Crippen molar-refractivity contribution in [3.05, 3.63) is 12.0 Å². The SMILES string of the molecule is CCc1nn(C)c(Sc2ncn[nH]2)c1N. The Bertz CT molecular complexity index is 446. The molecule has 0 spiro atoms. The summed E-state index contributed by atoms with van der Waals surface area (Å²) >= 11 is 1.43. The highest BCUT2D eigenvalue weighted by Crippen LogP contribution is 2.31. The molecule has 3 N–H and O–H groups in total. The summed E-state index contributed by atoms with van der Waals surface area (Å²) in [5.41, 5.74) is 7.60. The third-order valence-electron chi connectivity index (χ3n) is 2.03. The molecule has 2 aromatic rings. The van der Waals surface area contributed by atoms with E-state index >= 15 is 0 Å². The first-order chi connectivity index (χ1) is 7.22. The molecule has 0 aliphatic rings. The molecule has 2 rings (SSSR count). The van der Waals surface area contributed by atoms with Crippen LogP contribution in [0, 0.1) is 0 Å². The summed E-state index contributed by atoms with van der Waals surface area (Å²) < 4.78 is 1.77. The van der Waals surface area contributed by atoms with E-state index in [2.05, 4.69) is 20.3 Å². The average molecular weight is 224 g/mol.